The highest BCUT2D eigenvalue weighted by Gasteiger charge is 2.07. The molecule has 0 radical (unpaired) electrons. The van der Waals surface area contributed by atoms with E-state index in [1.807, 2.05) is 18.3 Å². The molecule has 2 rings (SSSR count). The molecule has 0 aliphatic rings. The lowest BCUT2D eigenvalue weighted by molar-refractivity contribution is 0.646. The van der Waals surface area contributed by atoms with Crippen molar-refractivity contribution in [1.29, 1.82) is 0 Å². The van der Waals surface area contributed by atoms with Crippen LogP contribution in [0.3, 0.4) is 0 Å². The zero-order chi connectivity index (χ0) is 14.5. The Bertz CT molecular complexity index is 573. The van der Waals surface area contributed by atoms with E-state index >= 15 is 0 Å². The van der Waals surface area contributed by atoms with Crippen LogP contribution in [-0.4, -0.2) is 11.0 Å². The van der Waals surface area contributed by atoms with Crippen molar-refractivity contribution >= 4 is 43.6 Å². The van der Waals surface area contributed by atoms with Gasteiger partial charge in [-0.05, 0) is 74.5 Å². The predicted molar refractivity (Wildman–Crippen MR) is 92.2 cm³/mol. The van der Waals surface area contributed by atoms with Crippen LogP contribution in [-0.2, 0) is 6.42 Å². The van der Waals surface area contributed by atoms with Gasteiger partial charge in [0.05, 0.1) is 0 Å². The highest BCUT2D eigenvalue weighted by atomic mass is 79.9. The van der Waals surface area contributed by atoms with E-state index in [4.69, 9.17) is 5.73 Å². The number of aromatic nitrogens is 1. The van der Waals surface area contributed by atoms with E-state index in [-0.39, 0.29) is 6.04 Å². The minimum absolute atomic E-state index is 0.230. The second kappa shape index (κ2) is 7.59. The van der Waals surface area contributed by atoms with Crippen LogP contribution < -0.4 is 5.73 Å². The van der Waals surface area contributed by atoms with Gasteiger partial charge in [0.15, 0.2) is 0 Å². The molecule has 0 aliphatic heterocycles. The van der Waals surface area contributed by atoms with Crippen LogP contribution >= 0.6 is 43.6 Å². The van der Waals surface area contributed by atoms with Gasteiger partial charge >= 0.3 is 0 Å². The molecule has 2 aromatic rings. The van der Waals surface area contributed by atoms with E-state index in [1.54, 1.807) is 11.8 Å². The highest BCUT2D eigenvalue weighted by molar-refractivity contribution is 9.10. The Hall–Kier alpha value is -0.360. The highest BCUT2D eigenvalue weighted by Crippen LogP contribution is 2.33. The smallest absolute Gasteiger partial charge is 0.101 e. The van der Waals surface area contributed by atoms with Gasteiger partial charge in [-0.2, -0.15) is 0 Å². The Morgan fingerprint density at radius 3 is 2.65 bits per heavy atom. The summed E-state index contributed by atoms with van der Waals surface area (Å²) < 4.78 is 2.08. The number of nitrogens with two attached hydrogens (primary N) is 1. The van der Waals surface area contributed by atoms with Crippen molar-refractivity contribution in [3.8, 4) is 0 Å². The molecule has 2 nitrogen and oxygen atoms in total. The van der Waals surface area contributed by atoms with Crippen LogP contribution in [0.4, 0.5) is 0 Å². The summed E-state index contributed by atoms with van der Waals surface area (Å²) in [5.41, 5.74) is 7.26. The van der Waals surface area contributed by atoms with Gasteiger partial charge in [0.25, 0.3) is 0 Å². The summed E-state index contributed by atoms with van der Waals surface area (Å²) in [5.74, 6) is 0. The Balaban J connectivity index is 2.11. The summed E-state index contributed by atoms with van der Waals surface area (Å²) in [7, 11) is 0. The lowest BCUT2D eigenvalue weighted by Crippen LogP contribution is -2.21. The fraction of sp³-hybridized carbons (Fsp3) is 0.267. The SMILES string of the molecule is CCC(N)Cc1ccc(Sc2ccc(Br)cn2)c(Br)c1. The molecule has 5 heteroatoms. The standard InChI is InChI=1S/C15H16Br2N2S/c1-2-12(18)7-10-3-5-14(13(17)8-10)20-15-6-4-11(16)9-19-15/h3-6,8-9,12H,2,7,18H2,1H3. The van der Waals surface area contributed by atoms with Crippen molar-refractivity contribution in [3.63, 3.8) is 0 Å². The monoisotopic (exact) mass is 414 g/mol. The molecule has 0 spiro atoms. The van der Waals surface area contributed by atoms with Gasteiger partial charge in [0.1, 0.15) is 5.03 Å². The van der Waals surface area contributed by atoms with E-state index in [0.717, 1.165) is 31.7 Å². The van der Waals surface area contributed by atoms with E-state index < -0.39 is 0 Å². The van der Waals surface area contributed by atoms with Gasteiger partial charge in [0.2, 0.25) is 0 Å². The summed E-state index contributed by atoms with van der Waals surface area (Å²) in [4.78, 5) is 5.53. The molecule has 0 fully saturated rings. The first kappa shape index (κ1) is 16.0. The molecule has 2 N–H and O–H groups in total. The maximum atomic E-state index is 6.00. The Labute approximate surface area is 140 Å². The van der Waals surface area contributed by atoms with Crippen molar-refractivity contribution in [2.75, 3.05) is 0 Å². The quantitative estimate of drug-likeness (QED) is 0.743. The van der Waals surface area contributed by atoms with Crippen LogP contribution in [0.5, 0.6) is 0 Å². The van der Waals surface area contributed by atoms with Crippen LogP contribution in [0.25, 0.3) is 0 Å². The van der Waals surface area contributed by atoms with Gasteiger partial charge in [-0.3, -0.25) is 0 Å². The first-order chi connectivity index (χ1) is 9.58. The van der Waals surface area contributed by atoms with E-state index in [0.29, 0.717) is 0 Å². The van der Waals surface area contributed by atoms with E-state index in [9.17, 15) is 0 Å². The first-order valence-corrected chi connectivity index (χ1v) is 8.82. The van der Waals surface area contributed by atoms with Gasteiger partial charge < -0.3 is 5.73 Å². The van der Waals surface area contributed by atoms with Crippen LogP contribution in [0.2, 0.25) is 0 Å². The summed E-state index contributed by atoms with van der Waals surface area (Å²) in [6, 6.07) is 10.6. The topological polar surface area (TPSA) is 38.9 Å². The number of hydrogen-bond acceptors (Lipinski definition) is 3. The summed E-state index contributed by atoms with van der Waals surface area (Å²) in [6.07, 6.45) is 3.72. The fourth-order valence-corrected chi connectivity index (χ4v) is 3.40. The van der Waals surface area contributed by atoms with Crippen LogP contribution in [0, 0.1) is 0 Å². The van der Waals surface area contributed by atoms with Gasteiger partial charge in [-0.25, -0.2) is 4.98 Å². The fourth-order valence-electron chi connectivity index (χ4n) is 1.74. The van der Waals surface area contributed by atoms with Gasteiger partial charge in [-0.15, -0.1) is 0 Å². The summed E-state index contributed by atoms with van der Waals surface area (Å²) >= 11 is 8.67. The Morgan fingerprint density at radius 2 is 2.05 bits per heavy atom. The molecule has 1 atom stereocenters. The second-order valence-electron chi connectivity index (χ2n) is 4.55. The van der Waals surface area contributed by atoms with Crippen molar-refractivity contribution in [2.45, 2.75) is 35.7 Å². The molecule has 0 aliphatic carbocycles. The molecule has 106 valence electrons. The molecule has 0 saturated carbocycles. The average Bonchev–Trinajstić information content (AvgIpc) is 2.44. The zero-order valence-corrected chi connectivity index (χ0v) is 15.1. The second-order valence-corrected chi connectivity index (χ2v) is 7.39. The van der Waals surface area contributed by atoms with Crippen LogP contribution in [0.1, 0.15) is 18.9 Å². The molecular formula is C15H16Br2N2S. The number of halogens is 2. The van der Waals surface area contributed by atoms with Crippen LogP contribution in [0.15, 0.2) is 55.4 Å². The van der Waals surface area contributed by atoms with Gasteiger partial charge in [0, 0.05) is 26.1 Å². The minimum Gasteiger partial charge on any atom is -0.327 e. The maximum absolute atomic E-state index is 6.00. The molecule has 20 heavy (non-hydrogen) atoms. The molecule has 1 unspecified atom stereocenters. The third-order valence-electron chi connectivity index (χ3n) is 2.93. The number of rotatable bonds is 5. The van der Waals surface area contributed by atoms with Gasteiger partial charge in [-0.1, -0.05) is 24.8 Å². The minimum atomic E-state index is 0.230. The lowest BCUT2D eigenvalue weighted by Gasteiger charge is -2.10. The average molecular weight is 416 g/mol. The zero-order valence-electron chi connectivity index (χ0n) is 11.1. The largest absolute Gasteiger partial charge is 0.327 e. The molecule has 0 saturated heterocycles. The third kappa shape index (κ3) is 4.58. The van der Waals surface area contributed by atoms with Crippen molar-refractivity contribution < 1.29 is 0 Å². The maximum Gasteiger partial charge on any atom is 0.101 e. The molecule has 1 aromatic heterocycles. The number of benzene rings is 1. The number of nitrogens with zero attached hydrogens (tertiary/aromatic N) is 1. The molecule has 1 heterocycles. The van der Waals surface area contributed by atoms with E-state index in [1.165, 1.54) is 5.56 Å². The van der Waals surface area contributed by atoms with E-state index in [2.05, 4.69) is 62.0 Å². The molecule has 0 bridgehead atoms. The molecular weight excluding hydrogens is 400 g/mol. The number of pyridine rings is 1. The molecule has 0 amide bonds. The Kier molecular flexibility index (Phi) is 6.08. The van der Waals surface area contributed by atoms with Crippen molar-refractivity contribution in [2.24, 2.45) is 5.73 Å². The summed E-state index contributed by atoms with van der Waals surface area (Å²) in [6.45, 7) is 2.11. The predicted octanol–water partition coefficient (Wildman–Crippen LogP) is 5.04. The Morgan fingerprint density at radius 1 is 1.25 bits per heavy atom. The lowest BCUT2D eigenvalue weighted by atomic mass is 10.1. The third-order valence-corrected chi connectivity index (χ3v) is 5.35. The number of hydrogen-bond donors (Lipinski definition) is 1. The van der Waals surface area contributed by atoms with Crippen molar-refractivity contribution in [1.82, 2.24) is 4.98 Å². The molecule has 1 aromatic carbocycles. The first-order valence-electron chi connectivity index (χ1n) is 6.42. The van der Waals surface area contributed by atoms with Crippen molar-refractivity contribution in [3.05, 3.63) is 51.0 Å². The summed E-state index contributed by atoms with van der Waals surface area (Å²) in [5, 5.41) is 0.979. The normalized spacial score (nSPS) is 12.4.